The van der Waals surface area contributed by atoms with Gasteiger partial charge in [-0.15, -0.1) is 5.11 Å². The lowest BCUT2D eigenvalue weighted by Gasteiger charge is -2.00. The lowest BCUT2D eigenvalue weighted by atomic mass is 10.1. The Labute approximate surface area is 70.7 Å². The molecule has 0 fully saturated rings. The minimum Gasteiger partial charge on any atom is -0.396 e. The van der Waals surface area contributed by atoms with Crippen LogP contribution in [0, 0.1) is 0 Å². The van der Waals surface area contributed by atoms with Crippen LogP contribution in [0.1, 0.15) is 5.56 Å². The molecule has 0 spiro atoms. The van der Waals surface area contributed by atoms with Gasteiger partial charge in [0.2, 0.25) is 0 Å². The predicted octanol–water partition coefficient (Wildman–Crippen LogP) is 1.18. The highest BCUT2D eigenvalue weighted by molar-refractivity contribution is 5.45. The van der Waals surface area contributed by atoms with Gasteiger partial charge in [-0.3, -0.25) is 0 Å². The minimum absolute atomic E-state index is 0.108. The molecule has 0 heterocycles. The Hall–Kier alpha value is -1.42. The average Bonchev–Trinajstić information content (AvgIpc) is 2.09. The molecule has 4 heteroatoms. The van der Waals surface area contributed by atoms with Crippen LogP contribution in [0.15, 0.2) is 34.6 Å². The number of benzene rings is 1. The van der Waals surface area contributed by atoms with Crippen LogP contribution in [0.4, 0.5) is 5.69 Å². The van der Waals surface area contributed by atoms with E-state index in [0.29, 0.717) is 12.1 Å². The highest BCUT2D eigenvalue weighted by atomic mass is 16.2. The number of nitrogens with zero attached hydrogens (tertiary/aromatic N) is 2. The van der Waals surface area contributed by atoms with Crippen LogP contribution in [0.2, 0.25) is 0 Å². The molecule has 1 aromatic rings. The van der Waals surface area contributed by atoms with Crippen molar-refractivity contribution >= 4 is 5.69 Å². The number of aliphatic hydroxyl groups excluding tert-OH is 1. The first-order valence-corrected chi connectivity index (χ1v) is 3.68. The summed E-state index contributed by atoms with van der Waals surface area (Å²) in [6.07, 6.45) is 0.579. The highest BCUT2D eigenvalue weighted by Gasteiger charge is 1.98. The van der Waals surface area contributed by atoms with E-state index in [1.54, 1.807) is 6.07 Å². The van der Waals surface area contributed by atoms with Gasteiger partial charge >= 0.3 is 0 Å². The number of hydrogen-bond acceptors (Lipinski definition) is 3. The summed E-state index contributed by atoms with van der Waals surface area (Å²) < 4.78 is 0. The van der Waals surface area contributed by atoms with Crippen molar-refractivity contribution in [3.8, 4) is 0 Å². The monoisotopic (exact) mass is 165 g/mol. The molecule has 0 aromatic heterocycles. The molecule has 0 aliphatic rings. The van der Waals surface area contributed by atoms with Crippen LogP contribution in [0.5, 0.6) is 0 Å². The molecule has 1 aromatic carbocycles. The molecule has 64 valence electrons. The quantitative estimate of drug-likeness (QED) is 0.401. The Morgan fingerprint density at radius 3 is 2.75 bits per heavy atom. The number of hydrogen-bond donors (Lipinski definition) is 2. The standard InChI is InChI=1S/C8H11N3O/c9-11-10-8-4-2-1-3-7(8)5-6-12/h1-4,12H,5-6H2,(H2,9,10). The van der Waals surface area contributed by atoms with Crippen LogP contribution >= 0.6 is 0 Å². The van der Waals surface area contributed by atoms with Gasteiger partial charge in [0, 0.05) is 6.61 Å². The molecule has 1 rings (SSSR count). The third kappa shape index (κ3) is 2.03. The van der Waals surface area contributed by atoms with Crippen molar-refractivity contribution in [1.29, 1.82) is 0 Å². The Kier molecular flexibility index (Phi) is 3.22. The Morgan fingerprint density at radius 1 is 1.33 bits per heavy atom. The van der Waals surface area contributed by atoms with Gasteiger partial charge in [0.05, 0.1) is 5.69 Å². The van der Waals surface area contributed by atoms with Gasteiger partial charge < -0.3 is 10.9 Å². The van der Waals surface area contributed by atoms with Gasteiger partial charge in [0.25, 0.3) is 0 Å². The van der Waals surface area contributed by atoms with Crippen LogP contribution in [-0.4, -0.2) is 11.7 Å². The molecule has 0 unspecified atom stereocenters. The van der Waals surface area contributed by atoms with E-state index in [1.807, 2.05) is 18.2 Å². The molecule has 12 heavy (non-hydrogen) atoms. The van der Waals surface area contributed by atoms with Crippen molar-refractivity contribution in [1.82, 2.24) is 0 Å². The lowest BCUT2D eigenvalue weighted by molar-refractivity contribution is 0.299. The van der Waals surface area contributed by atoms with Crippen molar-refractivity contribution in [2.24, 2.45) is 16.2 Å². The van der Waals surface area contributed by atoms with Gasteiger partial charge in [-0.25, -0.2) is 0 Å². The summed E-state index contributed by atoms with van der Waals surface area (Å²) in [5.74, 6) is 4.92. The van der Waals surface area contributed by atoms with E-state index in [9.17, 15) is 0 Å². The molecule has 0 bridgehead atoms. The summed E-state index contributed by atoms with van der Waals surface area (Å²) in [5, 5.41) is 15.6. The van der Waals surface area contributed by atoms with Gasteiger partial charge in [-0.2, -0.15) is 0 Å². The Bertz CT molecular complexity index is 273. The molecular formula is C8H11N3O. The van der Waals surface area contributed by atoms with Gasteiger partial charge in [0.15, 0.2) is 0 Å². The minimum atomic E-state index is 0.108. The summed E-state index contributed by atoms with van der Waals surface area (Å²) in [6.45, 7) is 0.108. The second kappa shape index (κ2) is 4.46. The molecule has 3 N–H and O–H groups in total. The fraction of sp³-hybridized carbons (Fsp3) is 0.250. The van der Waals surface area contributed by atoms with Gasteiger partial charge in [0.1, 0.15) is 0 Å². The van der Waals surface area contributed by atoms with Crippen LogP contribution in [0.25, 0.3) is 0 Å². The zero-order valence-electron chi connectivity index (χ0n) is 6.64. The van der Waals surface area contributed by atoms with E-state index in [4.69, 9.17) is 10.9 Å². The van der Waals surface area contributed by atoms with E-state index in [1.165, 1.54) is 0 Å². The summed E-state index contributed by atoms with van der Waals surface area (Å²) in [7, 11) is 0. The van der Waals surface area contributed by atoms with E-state index in [-0.39, 0.29) is 6.61 Å². The zero-order valence-corrected chi connectivity index (χ0v) is 6.64. The van der Waals surface area contributed by atoms with Crippen molar-refractivity contribution in [2.45, 2.75) is 6.42 Å². The molecule has 0 aliphatic carbocycles. The van der Waals surface area contributed by atoms with E-state index in [2.05, 4.69) is 10.3 Å². The molecule has 0 radical (unpaired) electrons. The summed E-state index contributed by atoms with van der Waals surface area (Å²) >= 11 is 0. The van der Waals surface area contributed by atoms with E-state index < -0.39 is 0 Å². The topological polar surface area (TPSA) is 71.0 Å². The molecule has 0 aliphatic heterocycles. The van der Waals surface area contributed by atoms with Crippen LogP contribution in [-0.2, 0) is 6.42 Å². The predicted molar refractivity (Wildman–Crippen MR) is 45.9 cm³/mol. The highest BCUT2D eigenvalue weighted by Crippen LogP contribution is 2.18. The maximum absolute atomic E-state index is 8.71. The van der Waals surface area contributed by atoms with E-state index >= 15 is 0 Å². The van der Waals surface area contributed by atoms with Crippen LogP contribution < -0.4 is 5.84 Å². The largest absolute Gasteiger partial charge is 0.396 e. The first-order chi connectivity index (χ1) is 5.88. The first kappa shape index (κ1) is 8.67. The third-order valence-electron chi connectivity index (χ3n) is 1.54. The normalized spacial score (nSPS) is 10.8. The average molecular weight is 165 g/mol. The molecule has 4 nitrogen and oxygen atoms in total. The molecule has 0 saturated heterocycles. The van der Waals surface area contributed by atoms with Crippen molar-refractivity contribution in [2.75, 3.05) is 6.61 Å². The van der Waals surface area contributed by atoms with Gasteiger partial charge in [-0.1, -0.05) is 23.4 Å². The second-order valence-electron chi connectivity index (χ2n) is 2.32. The smallest absolute Gasteiger partial charge is 0.0906 e. The van der Waals surface area contributed by atoms with E-state index in [0.717, 1.165) is 5.56 Å². The molecular weight excluding hydrogens is 154 g/mol. The fourth-order valence-corrected chi connectivity index (χ4v) is 1.00. The summed E-state index contributed by atoms with van der Waals surface area (Å²) in [5.41, 5.74) is 1.67. The third-order valence-corrected chi connectivity index (χ3v) is 1.54. The van der Waals surface area contributed by atoms with Crippen molar-refractivity contribution in [3.63, 3.8) is 0 Å². The number of nitrogens with two attached hydrogens (primary N) is 1. The maximum Gasteiger partial charge on any atom is 0.0906 e. The van der Waals surface area contributed by atoms with Crippen molar-refractivity contribution < 1.29 is 5.11 Å². The molecule has 0 amide bonds. The number of aliphatic hydroxyl groups is 1. The first-order valence-electron chi connectivity index (χ1n) is 3.68. The Morgan fingerprint density at radius 2 is 2.08 bits per heavy atom. The van der Waals surface area contributed by atoms with Gasteiger partial charge in [-0.05, 0) is 18.1 Å². The lowest BCUT2D eigenvalue weighted by Crippen LogP contribution is -1.90. The summed E-state index contributed by atoms with van der Waals surface area (Å²) in [4.78, 5) is 0. The maximum atomic E-state index is 8.71. The summed E-state index contributed by atoms with van der Waals surface area (Å²) in [6, 6.07) is 7.44. The second-order valence-corrected chi connectivity index (χ2v) is 2.32. The SMILES string of the molecule is NN=Nc1ccccc1CCO. The van der Waals surface area contributed by atoms with Crippen molar-refractivity contribution in [3.05, 3.63) is 29.8 Å². The fourth-order valence-electron chi connectivity index (χ4n) is 1.00. The molecule has 0 atom stereocenters. The molecule has 0 saturated carbocycles. The Balaban J connectivity index is 2.91. The number of rotatable bonds is 3. The zero-order chi connectivity index (χ0) is 8.81. The van der Waals surface area contributed by atoms with Crippen LogP contribution in [0.3, 0.4) is 0 Å².